The van der Waals surface area contributed by atoms with Crippen molar-refractivity contribution in [2.45, 2.75) is 38.3 Å². The molecule has 2 aromatic rings. The monoisotopic (exact) mass is 307 g/mol. The molecule has 1 atom stereocenters. The molecule has 1 aromatic carbocycles. The second kappa shape index (κ2) is 5.99. The summed E-state index contributed by atoms with van der Waals surface area (Å²) in [6, 6.07) is 9.34. The fourth-order valence-corrected chi connectivity index (χ4v) is 3.29. The standard InChI is InChI=1S/C15H21N3O2S/c1-15(2,3)9-13(12-7-5-4-6-8-12)18-21(19,20)14-10-16-11-17-14/h4-8,10-11,13,18H,9H2,1-3H3,(H,16,17). The minimum atomic E-state index is -3.60. The molecule has 2 N–H and O–H groups in total. The SMILES string of the molecule is CC(C)(C)CC(NS(=O)(=O)c1cnc[nH]1)c1ccccc1. The first-order chi connectivity index (χ1) is 9.78. The van der Waals surface area contributed by atoms with Crippen LogP contribution in [0.2, 0.25) is 0 Å². The summed E-state index contributed by atoms with van der Waals surface area (Å²) in [5.74, 6) is 0. The zero-order valence-corrected chi connectivity index (χ0v) is 13.3. The van der Waals surface area contributed by atoms with Crippen molar-refractivity contribution in [3.63, 3.8) is 0 Å². The third kappa shape index (κ3) is 4.41. The molecule has 0 aliphatic carbocycles. The Labute approximate surface area is 125 Å². The van der Waals surface area contributed by atoms with Gasteiger partial charge in [0, 0.05) is 6.04 Å². The minimum absolute atomic E-state index is 0.00296. The zero-order valence-electron chi connectivity index (χ0n) is 12.5. The van der Waals surface area contributed by atoms with Gasteiger partial charge in [0.05, 0.1) is 12.5 Å². The van der Waals surface area contributed by atoms with Gasteiger partial charge in [-0.15, -0.1) is 0 Å². The lowest BCUT2D eigenvalue weighted by atomic mass is 9.86. The third-order valence-electron chi connectivity index (χ3n) is 3.08. The van der Waals surface area contributed by atoms with E-state index < -0.39 is 10.0 Å². The fourth-order valence-electron chi connectivity index (χ4n) is 2.17. The number of aromatic amines is 1. The molecule has 21 heavy (non-hydrogen) atoms. The van der Waals surface area contributed by atoms with E-state index in [4.69, 9.17) is 0 Å². The first kappa shape index (κ1) is 15.7. The molecule has 0 radical (unpaired) electrons. The molecule has 0 saturated heterocycles. The van der Waals surface area contributed by atoms with Gasteiger partial charge in [0.1, 0.15) is 0 Å². The minimum Gasteiger partial charge on any atom is -0.335 e. The predicted octanol–water partition coefficient (Wildman–Crippen LogP) is 2.87. The van der Waals surface area contributed by atoms with Crippen LogP contribution >= 0.6 is 0 Å². The number of hydrogen-bond acceptors (Lipinski definition) is 3. The van der Waals surface area contributed by atoms with E-state index in [9.17, 15) is 8.42 Å². The Kier molecular flexibility index (Phi) is 4.49. The van der Waals surface area contributed by atoms with Gasteiger partial charge in [-0.3, -0.25) is 0 Å². The molecular weight excluding hydrogens is 286 g/mol. The van der Waals surface area contributed by atoms with Crippen molar-refractivity contribution in [2.24, 2.45) is 5.41 Å². The van der Waals surface area contributed by atoms with Crippen LogP contribution in [0, 0.1) is 5.41 Å². The lowest BCUT2D eigenvalue weighted by Gasteiger charge is -2.26. The Morgan fingerprint density at radius 2 is 1.90 bits per heavy atom. The van der Waals surface area contributed by atoms with Crippen molar-refractivity contribution in [3.8, 4) is 0 Å². The van der Waals surface area contributed by atoms with Crippen molar-refractivity contribution >= 4 is 10.0 Å². The van der Waals surface area contributed by atoms with E-state index in [1.54, 1.807) is 0 Å². The second-order valence-corrected chi connectivity index (χ2v) is 7.95. The molecule has 1 unspecified atom stereocenters. The van der Waals surface area contributed by atoms with Crippen molar-refractivity contribution in [2.75, 3.05) is 0 Å². The lowest BCUT2D eigenvalue weighted by Crippen LogP contribution is -2.31. The molecule has 0 fully saturated rings. The van der Waals surface area contributed by atoms with E-state index in [1.807, 2.05) is 30.3 Å². The topological polar surface area (TPSA) is 74.8 Å². The maximum atomic E-state index is 12.4. The summed E-state index contributed by atoms with van der Waals surface area (Å²) in [7, 11) is -3.60. The molecule has 6 heteroatoms. The van der Waals surface area contributed by atoms with E-state index in [0.717, 1.165) is 5.56 Å². The van der Waals surface area contributed by atoms with Crippen LogP contribution in [0.3, 0.4) is 0 Å². The highest BCUT2D eigenvalue weighted by molar-refractivity contribution is 7.89. The zero-order chi connectivity index (χ0) is 15.5. The van der Waals surface area contributed by atoms with Crippen LogP contribution < -0.4 is 4.72 Å². The summed E-state index contributed by atoms with van der Waals surface area (Å²) in [4.78, 5) is 6.40. The molecule has 0 bridgehead atoms. The largest absolute Gasteiger partial charge is 0.335 e. The van der Waals surface area contributed by atoms with Gasteiger partial charge in [-0.2, -0.15) is 0 Å². The normalized spacial score (nSPS) is 14.0. The van der Waals surface area contributed by atoms with Crippen LogP contribution in [0.5, 0.6) is 0 Å². The lowest BCUT2D eigenvalue weighted by molar-refractivity contribution is 0.331. The Hall–Kier alpha value is -1.66. The maximum Gasteiger partial charge on any atom is 0.258 e. The number of aromatic nitrogens is 2. The summed E-state index contributed by atoms with van der Waals surface area (Å²) in [5, 5.41) is 0.0809. The Morgan fingerprint density at radius 1 is 1.24 bits per heavy atom. The Morgan fingerprint density at radius 3 is 2.43 bits per heavy atom. The summed E-state index contributed by atoms with van der Waals surface area (Å²) < 4.78 is 27.5. The highest BCUT2D eigenvalue weighted by Crippen LogP contribution is 2.30. The molecule has 0 aliphatic rings. The number of hydrogen-bond donors (Lipinski definition) is 2. The van der Waals surface area contributed by atoms with Crippen molar-refractivity contribution < 1.29 is 8.42 Å². The van der Waals surface area contributed by atoms with Gasteiger partial charge in [-0.05, 0) is 17.4 Å². The molecule has 1 heterocycles. The van der Waals surface area contributed by atoms with E-state index in [0.29, 0.717) is 6.42 Å². The molecule has 0 amide bonds. The highest BCUT2D eigenvalue weighted by Gasteiger charge is 2.26. The number of nitrogens with one attached hydrogen (secondary N) is 2. The highest BCUT2D eigenvalue weighted by atomic mass is 32.2. The fraction of sp³-hybridized carbons (Fsp3) is 0.400. The average Bonchev–Trinajstić information content (AvgIpc) is 2.92. The van der Waals surface area contributed by atoms with E-state index >= 15 is 0 Å². The molecule has 0 spiro atoms. The quantitative estimate of drug-likeness (QED) is 0.892. The molecule has 2 rings (SSSR count). The van der Waals surface area contributed by atoms with Gasteiger partial charge in [0.15, 0.2) is 5.03 Å². The number of imidazole rings is 1. The van der Waals surface area contributed by atoms with Crippen LogP contribution in [0.1, 0.15) is 38.8 Å². The van der Waals surface area contributed by atoms with Crippen LogP contribution in [-0.2, 0) is 10.0 Å². The van der Waals surface area contributed by atoms with Crippen LogP contribution in [0.15, 0.2) is 47.9 Å². The number of H-pyrrole nitrogens is 1. The molecule has 0 aliphatic heterocycles. The van der Waals surface area contributed by atoms with Gasteiger partial charge in [-0.25, -0.2) is 18.1 Å². The number of nitrogens with zero attached hydrogens (tertiary/aromatic N) is 1. The first-order valence-electron chi connectivity index (χ1n) is 6.84. The molecule has 5 nitrogen and oxygen atoms in total. The predicted molar refractivity (Wildman–Crippen MR) is 82.2 cm³/mol. The number of rotatable bonds is 5. The van der Waals surface area contributed by atoms with Gasteiger partial charge >= 0.3 is 0 Å². The third-order valence-corrected chi connectivity index (χ3v) is 4.48. The molecule has 0 saturated carbocycles. The summed E-state index contributed by atoms with van der Waals surface area (Å²) in [6.45, 7) is 6.27. The van der Waals surface area contributed by atoms with Crippen LogP contribution in [-0.4, -0.2) is 18.4 Å². The smallest absolute Gasteiger partial charge is 0.258 e. The summed E-state index contributed by atoms with van der Waals surface area (Å²) >= 11 is 0. The van der Waals surface area contributed by atoms with Gasteiger partial charge in [-0.1, -0.05) is 51.1 Å². The van der Waals surface area contributed by atoms with E-state index in [-0.39, 0.29) is 16.5 Å². The van der Waals surface area contributed by atoms with Gasteiger partial charge < -0.3 is 4.98 Å². The van der Waals surface area contributed by atoms with Crippen molar-refractivity contribution in [1.29, 1.82) is 0 Å². The van der Waals surface area contributed by atoms with Crippen LogP contribution in [0.4, 0.5) is 0 Å². The average molecular weight is 307 g/mol. The van der Waals surface area contributed by atoms with Crippen molar-refractivity contribution in [1.82, 2.24) is 14.7 Å². The van der Waals surface area contributed by atoms with E-state index in [2.05, 4.69) is 35.5 Å². The van der Waals surface area contributed by atoms with E-state index in [1.165, 1.54) is 12.5 Å². The molecular formula is C15H21N3O2S. The maximum absolute atomic E-state index is 12.4. The van der Waals surface area contributed by atoms with Gasteiger partial charge in [0.25, 0.3) is 10.0 Å². The molecule has 1 aromatic heterocycles. The first-order valence-corrected chi connectivity index (χ1v) is 8.32. The number of sulfonamides is 1. The van der Waals surface area contributed by atoms with Gasteiger partial charge in [0.2, 0.25) is 0 Å². The van der Waals surface area contributed by atoms with Crippen molar-refractivity contribution in [3.05, 3.63) is 48.4 Å². The van der Waals surface area contributed by atoms with Crippen LogP contribution in [0.25, 0.3) is 0 Å². The Bertz CT molecular complexity index is 659. The summed E-state index contributed by atoms with van der Waals surface area (Å²) in [5.41, 5.74) is 0.951. The summed E-state index contributed by atoms with van der Waals surface area (Å²) in [6.07, 6.45) is 3.36. The second-order valence-electron chi connectivity index (χ2n) is 6.27. The Balaban J connectivity index is 2.29. The molecule has 114 valence electrons. The number of benzene rings is 1.